The van der Waals surface area contributed by atoms with Gasteiger partial charge in [-0.15, -0.1) is 0 Å². The molecular formula is C20H37N3O5. The Kier molecular flexibility index (Phi) is 16.9. The largest absolute Gasteiger partial charge is 0.481 e. The second kappa shape index (κ2) is 18.3. The molecule has 162 valence electrons. The summed E-state index contributed by atoms with van der Waals surface area (Å²) in [7, 11) is 0. The number of rotatable bonds is 18. The summed E-state index contributed by atoms with van der Waals surface area (Å²) in [5.41, 5.74) is 0. The van der Waals surface area contributed by atoms with Crippen LogP contribution in [0.25, 0.3) is 0 Å². The van der Waals surface area contributed by atoms with E-state index in [9.17, 15) is 19.2 Å². The van der Waals surface area contributed by atoms with Crippen molar-refractivity contribution in [1.82, 2.24) is 16.0 Å². The van der Waals surface area contributed by atoms with E-state index in [0.717, 1.165) is 51.4 Å². The summed E-state index contributed by atoms with van der Waals surface area (Å²) >= 11 is 0. The molecule has 0 heterocycles. The number of hydrogen-bond donors (Lipinski definition) is 4. The average Bonchev–Trinajstić information content (AvgIpc) is 2.63. The second-order valence-electron chi connectivity index (χ2n) is 7.01. The molecule has 4 N–H and O–H groups in total. The second-order valence-corrected chi connectivity index (χ2v) is 7.01. The first-order valence-electron chi connectivity index (χ1n) is 10.4. The predicted octanol–water partition coefficient (Wildman–Crippen LogP) is 2.12. The number of carboxylic acids is 1. The Balaban J connectivity index is 3.34. The van der Waals surface area contributed by atoms with Crippen LogP contribution in [0.2, 0.25) is 0 Å². The Bertz CT molecular complexity index is 427. The highest BCUT2D eigenvalue weighted by Crippen LogP contribution is 2.02. The Morgan fingerprint density at radius 2 is 0.964 bits per heavy atom. The first-order chi connectivity index (χ1) is 13.4. The van der Waals surface area contributed by atoms with Crippen LogP contribution in [0.15, 0.2) is 0 Å². The molecule has 8 heteroatoms. The Morgan fingerprint density at radius 3 is 1.36 bits per heavy atom. The van der Waals surface area contributed by atoms with Gasteiger partial charge in [-0.2, -0.15) is 0 Å². The van der Waals surface area contributed by atoms with Crippen LogP contribution >= 0.6 is 0 Å². The lowest BCUT2D eigenvalue weighted by Crippen LogP contribution is -2.25. The molecule has 0 spiro atoms. The minimum Gasteiger partial charge on any atom is -0.481 e. The summed E-state index contributed by atoms with van der Waals surface area (Å²) in [5, 5.41) is 17.0. The van der Waals surface area contributed by atoms with E-state index in [1.807, 2.05) is 0 Å². The quantitative estimate of drug-likeness (QED) is 0.263. The summed E-state index contributed by atoms with van der Waals surface area (Å²) in [5.74, 6) is -0.719. The van der Waals surface area contributed by atoms with Crippen molar-refractivity contribution in [1.29, 1.82) is 0 Å². The molecule has 28 heavy (non-hydrogen) atoms. The molecule has 0 aliphatic heterocycles. The van der Waals surface area contributed by atoms with Gasteiger partial charge in [0.05, 0.1) is 0 Å². The number of aliphatic carboxylic acids is 1. The lowest BCUT2D eigenvalue weighted by molar-refractivity contribution is -0.137. The van der Waals surface area contributed by atoms with Crippen molar-refractivity contribution in [3.05, 3.63) is 0 Å². The fourth-order valence-corrected chi connectivity index (χ4v) is 2.65. The molecule has 0 saturated carbocycles. The Morgan fingerprint density at radius 1 is 0.571 bits per heavy atom. The standard InChI is InChI=1S/C20H37N3O5/c1-17(24)21-14-8-2-5-11-18(25)22-15-9-3-6-12-19(26)23-16-10-4-7-13-20(27)28/h2-16H2,1H3,(H,21,24)(H,22,25)(H,23,26)(H,27,28). The van der Waals surface area contributed by atoms with Crippen LogP contribution in [-0.4, -0.2) is 48.4 Å². The summed E-state index contributed by atoms with van der Waals surface area (Å²) in [6.45, 7) is 3.39. The van der Waals surface area contributed by atoms with Gasteiger partial charge >= 0.3 is 5.97 Å². The van der Waals surface area contributed by atoms with E-state index in [4.69, 9.17) is 5.11 Å². The van der Waals surface area contributed by atoms with Gasteiger partial charge < -0.3 is 21.1 Å². The number of nitrogens with one attached hydrogen (secondary N) is 3. The number of carboxylic acid groups (broad SMARTS) is 1. The highest BCUT2D eigenvalue weighted by molar-refractivity contribution is 5.76. The van der Waals surface area contributed by atoms with Crippen LogP contribution < -0.4 is 16.0 Å². The van der Waals surface area contributed by atoms with E-state index in [0.29, 0.717) is 38.9 Å². The van der Waals surface area contributed by atoms with Gasteiger partial charge in [0.15, 0.2) is 0 Å². The molecule has 0 aliphatic rings. The maximum absolute atomic E-state index is 11.7. The third-order valence-corrected chi connectivity index (χ3v) is 4.25. The molecule has 0 fully saturated rings. The maximum Gasteiger partial charge on any atom is 0.303 e. The van der Waals surface area contributed by atoms with E-state index < -0.39 is 5.97 Å². The third kappa shape index (κ3) is 20.2. The van der Waals surface area contributed by atoms with Gasteiger partial charge in [-0.25, -0.2) is 0 Å². The molecule has 0 aromatic carbocycles. The van der Waals surface area contributed by atoms with Crippen molar-refractivity contribution < 1.29 is 24.3 Å². The molecule has 3 amide bonds. The Labute approximate surface area is 168 Å². The maximum atomic E-state index is 11.7. The first kappa shape index (κ1) is 25.9. The molecule has 0 saturated heterocycles. The minimum atomic E-state index is -0.779. The van der Waals surface area contributed by atoms with Crippen molar-refractivity contribution in [3.63, 3.8) is 0 Å². The summed E-state index contributed by atoms with van der Waals surface area (Å²) in [4.78, 5) is 44.4. The summed E-state index contributed by atoms with van der Waals surface area (Å²) in [6, 6.07) is 0. The van der Waals surface area contributed by atoms with Gasteiger partial charge in [-0.1, -0.05) is 19.3 Å². The van der Waals surface area contributed by atoms with Crippen molar-refractivity contribution in [2.24, 2.45) is 0 Å². The van der Waals surface area contributed by atoms with E-state index in [1.54, 1.807) is 0 Å². The molecular weight excluding hydrogens is 362 g/mol. The fraction of sp³-hybridized carbons (Fsp3) is 0.800. The van der Waals surface area contributed by atoms with Crippen molar-refractivity contribution in [3.8, 4) is 0 Å². The van der Waals surface area contributed by atoms with Gasteiger partial charge in [0.1, 0.15) is 0 Å². The van der Waals surface area contributed by atoms with Gasteiger partial charge in [0.25, 0.3) is 0 Å². The first-order valence-corrected chi connectivity index (χ1v) is 10.4. The zero-order valence-corrected chi connectivity index (χ0v) is 17.2. The highest BCUT2D eigenvalue weighted by Gasteiger charge is 2.03. The number of carbonyl (C=O) groups excluding carboxylic acids is 3. The van der Waals surface area contributed by atoms with Crippen molar-refractivity contribution >= 4 is 23.7 Å². The molecule has 0 aromatic rings. The van der Waals surface area contributed by atoms with Crippen molar-refractivity contribution in [2.75, 3.05) is 19.6 Å². The molecule has 0 unspecified atom stereocenters. The topological polar surface area (TPSA) is 125 Å². The zero-order valence-electron chi connectivity index (χ0n) is 17.2. The van der Waals surface area contributed by atoms with Gasteiger partial charge in [-0.05, 0) is 38.5 Å². The lowest BCUT2D eigenvalue weighted by atomic mass is 10.1. The minimum absolute atomic E-state index is 0.0248. The van der Waals surface area contributed by atoms with E-state index in [-0.39, 0.29) is 24.1 Å². The number of amides is 3. The molecule has 0 bridgehead atoms. The SMILES string of the molecule is CC(=O)NCCCCCC(=O)NCCCCCC(=O)NCCCCCC(=O)O. The van der Waals surface area contributed by atoms with Crippen LogP contribution in [0.3, 0.4) is 0 Å². The van der Waals surface area contributed by atoms with Crippen molar-refractivity contribution in [2.45, 2.75) is 84.0 Å². The monoisotopic (exact) mass is 399 g/mol. The Hall–Kier alpha value is -2.12. The van der Waals surface area contributed by atoms with Gasteiger partial charge in [-0.3, -0.25) is 19.2 Å². The van der Waals surface area contributed by atoms with Crippen LogP contribution in [0.5, 0.6) is 0 Å². The molecule has 0 atom stereocenters. The van der Waals surface area contributed by atoms with Crippen LogP contribution in [0.4, 0.5) is 0 Å². The molecule has 0 rings (SSSR count). The van der Waals surface area contributed by atoms with E-state index in [1.165, 1.54) is 6.92 Å². The van der Waals surface area contributed by atoms with E-state index >= 15 is 0 Å². The summed E-state index contributed by atoms with van der Waals surface area (Å²) in [6.07, 6.45) is 8.61. The lowest BCUT2D eigenvalue weighted by Gasteiger charge is -2.06. The number of hydrogen-bond acceptors (Lipinski definition) is 4. The molecule has 8 nitrogen and oxygen atoms in total. The van der Waals surface area contributed by atoms with Gasteiger partial charge in [0, 0.05) is 45.8 Å². The summed E-state index contributed by atoms with van der Waals surface area (Å²) < 4.78 is 0. The molecule has 0 radical (unpaired) electrons. The fourth-order valence-electron chi connectivity index (χ4n) is 2.65. The third-order valence-electron chi connectivity index (χ3n) is 4.25. The van der Waals surface area contributed by atoms with Crippen LogP contribution in [0.1, 0.15) is 84.0 Å². The normalized spacial score (nSPS) is 10.3. The van der Waals surface area contributed by atoms with Crippen LogP contribution in [0, 0.1) is 0 Å². The predicted molar refractivity (Wildman–Crippen MR) is 108 cm³/mol. The van der Waals surface area contributed by atoms with Crippen LogP contribution in [-0.2, 0) is 19.2 Å². The zero-order chi connectivity index (χ0) is 21.0. The highest BCUT2D eigenvalue weighted by atomic mass is 16.4. The molecule has 0 aromatic heterocycles. The average molecular weight is 400 g/mol. The van der Waals surface area contributed by atoms with E-state index in [2.05, 4.69) is 16.0 Å². The smallest absolute Gasteiger partial charge is 0.303 e. The number of carbonyl (C=O) groups is 4. The van der Waals surface area contributed by atoms with Gasteiger partial charge in [0.2, 0.25) is 17.7 Å². The molecule has 0 aliphatic carbocycles. The number of unbranched alkanes of at least 4 members (excludes halogenated alkanes) is 6.